The Morgan fingerprint density at radius 3 is 3.09 bits per heavy atom. The highest BCUT2D eigenvalue weighted by atomic mass is 32.1. The quantitative estimate of drug-likeness (QED) is 0.632. The van der Waals surface area contributed by atoms with E-state index < -0.39 is 0 Å². The first-order valence-electron chi connectivity index (χ1n) is 3.81. The second-order valence-electron chi connectivity index (χ2n) is 2.66. The number of hydrogen-bond donors (Lipinski definition) is 0. The Kier molecular flexibility index (Phi) is 3.30. The largest absolute Gasteiger partial charge is 0.303 e. The maximum Gasteiger partial charge on any atom is 0.120 e. The van der Waals surface area contributed by atoms with E-state index in [1.54, 1.807) is 11.3 Å². The van der Waals surface area contributed by atoms with Gasteiger partial charge in [0.25, 0.3) is 0 Å². The van der Waals surface area contributed by atoms with Gasteiger partial charge in [-0.25, -0.2) is 0 Å². The van der Waals surface area contributed by atoms with Crippen molar-refractivity contribution in [3.05, 3.63) is 22.4 Å². The van der Waals surface area contributed by atoms with E-state index in [0.717, 1.165) is 12.7 Å². The molecular weight excluding hydrogens is 156 g/mol. The summed E-state index contributed by atoms with van der Waals surface area (Å²) in [6, 6.07) is 4.18. The smallest absolute Gasteiger partial charge is 0.120 e. The zero-order valence-electron chi connectivity index (χ0n) is 6.62. The van der Waals surface area contributed by atoms with Crippen LogP contribution in [0.15, 0.2) is 17.5 Å². The Morgan fingerprint density at radius 1 is 1.73 bits per heavy atom. The summed E-state index contributed by atoms with van der Waals surface area (Å²) < 4.78 is 0. The van der Waals surface area contributed by atoms with Crippen LogP contribution in [-0.2, 0) is 4.79 Å². The molecule has 0 N–H and O–H groups in total. The van der Waals surface area contributed by atoms with E-state index >= 15 is 0 Å². The number of hydrogen-bond acceptors (Lipinski definition) is 2. The summed E-state index contributed by atoms with van der Waals surface area (Å²) in [6.07, 6.45) is 2.65. The first-order chi connectivity index (χ1) is 5.34. The molecule has 0 aliphatic rings. The molecule has 0 saturated heterocycles. The molecule has 11 heavy (non-hydrogen) atoms. The fourth-order valence-corrected chi connectivity index (χ4v) is 1.85. The molecular formula is C9H12OS. The van der Waals surface area contributed by atoms with E-state index in [1.807, 2.05) is 0 Å². The lowest BCUT2D eigenvalue weighted by Gasteiger charge is -2.04. The second kappa shape index (κ2) is 4.29. The van der Waals surface area contributed by atoms with Crippen LogP contribution in [0.4, 0.5) is 0 Å². The lowest BCUT2D eigenvalue weighted by atomic mass is 10.0. The minimum absolute atomic E-state index is 0.542. The minimum Gasteiger partial charge on any atom is -0.303 e. The van der Waals surface area contributed by atoms with Crippen molar-refractivity contribution in [1.29, 1.82) is 0 Å². The van der Waals surface area contributed by atoms with Gasteiger partial charge in [-0.2, -0.15) is 0 Å². The molecule has 0 fully saturated rings. The molecule has 1 heterocycles. The maximum absolute atomic E-state index is 10.1. The van der Waals surface area contributed by atoms with Gasteiger partial charge in [-0.3, -0.25) is 0 Å². The second-order valence-corrected chi connectivity index (χ2v) is 3.64. The third kappa shape index (κ3) is 2.46. The number of aldehydes is 1. The highest BCUT2D eigenvalue weighted by molar-refractivity contribution is 7.10. The van der Waals surface area contributed by atoms with E-state index in [1.165, 1.54) is 4.88 Å². The lowest BCUT2D eigenvalue weighted by Crippen LogP contribution is -1.89. The average Bonchev–Trinajstić information content (AvgIpc) is 2.52. The van der Waals surface area contributed by atoms with Crippen molar-refractivity contribution >= 4 is 17.6 Å². The molecule has 0 saturated carbocycles. The number of rotatable bonds is 4. The molecule has 1 unspecified atom stereocenters. The fraction of sp³-hybridized carbons (Fsp3) is 0.444. The zero-order valence-corrected chi connectivity index (χ0v) is 7.43. The molecule has 0 spiro atoms. The van der Waals surface area contributed by atoms with Gasteiger partial charge in [0.05, 0.1) is 0 Å². The van der Waals surface area contributed by atoms with E-state index in [2.05, 4.69) is 24.4 Å². The van der Waals surface area contributed by atoms with Crippen LogP contribution < -0.4 is 0 Å². The van der Waals surface area contributed by atoms with Crippen molar-refractivity contribution in [2.45, 2.75) is 25.7 Å². The van der Waals surface area contributed by atoms with Crippen molar-refractivity contribution in [2.75, 3.05) is 0 Å². The lowest BCUT2D eigenvalue weighted by molar-refractivity contribution is -0.108. The van der Waals surface area contributed by atoms with Crippen molar-refractivity contribution in [3.63, 3.8) is 0 Å². The molecule has 1 aromatic heterocycles. The Labute approximate surface area is 71.1 Å². The van der Waals surface area contributed by atoms with Crippen LogP contribution in [0.1, 0.15) is 30.6 Å². The van der Waals surface area contributed by atoms with Gasteiger partial charge in [0.1, 0.15) is 6.29 Å². The average molecular weight is 168 g/mol. The van der Waals surface area contributed by atoms with Gasteiger partial charge in [-0.05, 0) is 23.8 Å². The standard InChI is InChI=1S/C9H12OS/c1-8(4-2-6-10)9-5-3-7-11-9/h3,5-8H,2,4H2,1H3. The molecule has 0 aliphatic carbocycles. The van der Waals surface area contributed by atoms with Crippen molar-refractivity contribution in [2.24, 2.45) is 0 Å². The van der Waals surface area contributed by atoms with Gasteiger partial charge < -0.3 is 4.79 Å². The van der Waals surface area contributed by atoms with E-state index in [0.29, 0.717) is 12.3 Å². The minimum atomic E-state index is 0.542. The Bertz CT molecular complexity index is 203. The summed E-state index contributed by atoms with van der Waals surface area (Å²) in [5.74, 6) is 0.542. The summed E-state index contributed by atoms with van der Waals surface area (Å²) in [6.45, 7) is 2.16. The summed E-state index contributed by atoms with van der Waals surface area (Å²) >= 11 is 1.77. The molecule has 0 amide bonds. The zero-order chi connectivity index (χ0) is 8.10. The molecule has 1 nitrogen and oxygen atoms in total. The van der Waals surface area contributed by atoms with Crippen LogP contribution >= 0.6 is 11.3 Å². The summed E-state index contributed by atoms with van der Waals surface area (Å²) in [5.41, 5.74) is 0. The van der Waals surface area contributed by atoms with Crippen LogP contribution in [0.3, 0.4) is 0 Å². The summed E-state index contributed by atoms with van der Waals surface area (Å²) in [4.78, 5) is 11.5. The van der Waals surface area contributed by atoms with Crippen LogP contribution in [-0.4, -0.2) is 6.29 Å². The Balaban J connectivity index is 2.42. The molecule has 1 aromatic rings. The first-order valence-corrected chi connectivity index (χ1v) is 4.69. The van der Waals surface area contributed by atoms with Gasteiger partial charge in [0.2, 0.25) is 0 Å². The molecule has 1 atom stereocenters. The number of carbonyl (C=O) groups is 1. The topological polar surface area (TPSA) is 17.1 Å². The summed E-state index contributed by atoms with van der Waals surface area (Å²) in [5, 5.41) is 2.08. The van der Waals surface area contributed by atoms with Gasteiger partial charge in [-0.15, -0.1) is 11.3 Å². The monoisotopic (exact) mass is 168 g/mol. The normalized spacial score (nSPS) is 12.8. The highest BCUT2D eigenvalue weighted by Crippen LogP contribution is 2.24. The summed E-state index contributed by atoms with van der Waals surface area (Å²) in [7, 11) is 0. The molecule has 0 radical (unpaired) electrons. The fourth-order valence-electron chi connectivity index (χ4n) is 1.03. The van der Waals surface area contributed by atoms with Crippen LogP contribution in [0.5, 0.6) is 0 Å². The van der Waals surface area contributed by atoms with Gasteiger partial charge in [0, 0.05) is 11.3 Å². The van der Waals surface area contributed by atoms with Crippen molar-refractivity contribution in [1.82, 2.24) is 0 Å². The van der Waals surface area contributed by atoms with E-state index in [4.69, 9.17) is 0 Å². The van der Waals surface area contributed by atoms with E-state index in [9.17, 15) is 4.79 Å². The molecule has 1 rings (SSSR count). The van der Waals surface area contributed by atoms with Crippen molar-refractivity contribution in [3.8, 4) is 0 Å². The van der Waals surface area contributed by atoms with Crippen molar-refractivity contribution < 1.29 is 4.79 Å². The Morgan fingerprint density at radius 2 is 2.55 bits per heavy atom. The third-order valence-electron chi connectivity index (χ3n) is 1.75. The van der Waals surface area contributed by atoms with Gasteiger partial charge in [0.15, 0.2) is 0 Å². The first kappa shape index (κ1) is 8.47. The highest BCUT2D eigenvalue weighted by Gasteiger charge is 2.04. The Hall–Kier alpha value is -0.630. The maximum atomic E-state index is 10.1. The van der Waals surface area contributed by atoms with Crippen LogP contribution in [0, 0.1) is 0 Å². The predicted octanol–water partition coefficient (Wildman–Crippen LogP) is 2.83. The predicted molar refractivity (Wildman–Crippen MR) is 48.0 cm³/mol. The molecule has 60 valence electrons. The molecule has 0 bridgehead atoms. The third-order valence-corrected chi connectivity index (χ3v) is 2.85. The van der Waals surface area contributed by atoms with E-state index in [-0.39, 0.29) is 0 Å². The molecule has 0 aromatic carbocycles. The van der Waals surface area contributed by atoms with Gasteiger partial charge in [-0.1, -0.05) is 13.0 Å². The number of thiophene rings is 1. The number of carbonyl (C=O) groups excluding carboxylic acids is 1. The van der Waals surface area contributed by atoms with Gasteiger partial charge >= 0.3 is 0 Å². The van der Waals surface area contributed by atoms with Crippen LogP contribution in [0.2, 0.25) is 0 Å². The van der Waals surface area contributed by atoms with Crippen LogP contribution in [0.25, 0.3) is 0 Å². The SMILES string of the molecule is CC(CCC=O)c1cccs1. The molecule has 2 heteroatoms. The molecule has 0 aliphatic heterocycles.